The number of hydrogen-bond donors (Lipinski definition) is 0. The van der Waals surface area contributed by atoms with Gasteiger partial charge in [0.15, 0.2) is 0 Å². The monoisotopic (exact) mass is 530 g/mol. The van der Waals surface area contributed by atoms with Crippen LogP contribution in [0.4, 0.5) is 0 Å². The second-order valence-corrected chi connectivity index (χ2v) is 12.2. The van der Waals surface area contributed by atoms with Crippen LogP contribution in [-0.4, -0.2) is 24.4 Å². The molecular weight excluding hydrogens is 501 g/mol. The second kappa shape index (κ2) is 9.12. The molecule has 1 aliphatic rings. The van der Waals surface area contributed by atoms with Gasteiger partial charge in [-0.15, -0.1) is 0 Å². The molecular formula is C25H29BIO2P. The van der Waals surface area contributed by atoms with Gasteiger partial charge in [-0.05, 0) is 64.1 Å². The normalized spacial score (nSPS) is 17.4. The van der Waals surface area contributed by atoms with Crippen LogP contribution in [0.25, 0.3) is 0 Å². The standard InChI is InChI=1S/C25H29BO2P.HI/c1-24(2)25(3,4)28-26(27-24)20-29(21-14-8-5-9-15-21,22-16-10-6-11-17-22)23-18-12-7-13-19-23;/h5-19H,20H2,1-4H3;1H/q+1;/p-1. The van der Waals surface area contributed by atoms with Gasteiger partial charge in [-0.1, -0.05) is 54.6 Å². The maximum absolute atomic E-state index is 6.49. The SMILES string of the molecule is CC1(C)OB(C[P+](c2ccccc2)(c2ccccc2)c2ccccc2)OC1(C)C.[I-]. The lowest BCUT2D eigenvalue weighted by atomic mass is 9.90. The summed E-state index contributed by atoms with van der Waals surface area (Å²) in [4.78, 5) is 0. The molecule has 2 nitrogen and oxygen atoms in total. The quantitative estimate of drug-likeness (QED) is 0.284. The highest BCUT2D eigenvalue weighted by Crippen LogP contribution is 2.57. The second-order valence-electron chi connectivity index (χ2n) is 8.68. The molecule has 0 aromatic heterocycles. The molecule has 0 atom stereocenters. The van der Waals surface area contributed by atoms with E-state index in [2.05, 4.69) is 119 Å². The molecule has 0 bridgehead atoms. The highest BCUT2D eigenvalue weighted by atomic mass is 127. The maximum atomic E-state index is 6.49. The Labute approximate surface area is 198 Å². The van der Waals surface area contributed by atoms with Gasteiger partial charge in [-0.25, -0.2) is 0 Å². The third-order valence-corrected chi connectivity index (χ3v) is 10.7. The Kier molecular flexibility index (Phi) is 7.13. The van der Waals surface area contributed by atoms with Crippen LogP contribution in [0.1, 0.15) is 27.7 Å². The molecule has 1 fully saturated rings. The number of rotatable bonds is 5. The van der Waals surface area contributed by atoms with E-state index in [0.29, 0.717) is 0 Å². The van der Waals surface area contributed by atoms with Crippen molar-refractivity contribution in [3.05, 3.63) is 91.0 Å². The summed E-state index contributed by atoms with van der Waals surface area (Å²) in [6.07, 6.45) is 0. The Morgan fingerprint density at radius 1 is 0.600 bits per heavy atom. The lowest BCUT2D eigenvalue weighted by Crippen LogP contribution is -3.00. The molecule has 0 N–H and O–H groups in total. The van der Waals surface area contributed by atoms with Gasteiger partial charge in [0.25, 0.3) is 0 Å². The van der Waals surface area contributed by atoms with Crippen molar-refractivity contribution in [3.8, 4) is 0 Å². The van der Waals surface area contributed by atoms with Crippen LogP contribution in [0, 0.1) is 0 Å². The first kappa shape index (κ1) is 23.5. The van der Waals surface area contributed by atoms with E-state index in [0.717, 1.165) is 6.06 Å². The Hall–Kier alpha value is -1.20. The van der Waals surface area contributed by atoms with Crippen molar-refractivity contribution in [1.82, 2.24) is 0 Å². The van der Waals surface area contributed by atoms with E-state index in [1.807, 2.05) is 0 Å². The molecule has 1 heterocycles. The molecule has 30 heavy (non-hydrogen) atoms. The number of halogens is 1. The number of hydrogen-bond acceptors (Lipinski definition) is 2. The molecule has 1 saturated heterocycles. The average molecular weight is 530 g/mol. The van der Waals surface area contributed by atoms with E-state index >= 15 is 0 Å². The molecule has 3 aromatic carbocycles. The highest BCUT2D eigenvalue weighted by molar-refractivity contribution is 7.96. The minimum absolute atomic E-state index is 0. The van der Waals surface area contributed by atoms with Crippen LogP contribution >= 0.6 is 7.26 Å². The van der Waals surface area contributed by atoms with Crippen LogP contribution in [0.15, 0.2) is 91.0 Å². The third-order valence-electron chi connectivity index (χ3n) is 6.32. The summed E-state index contributed by atoms with van der Waals surface area (Å²) >= 11 is 0. The van der Waals surface area contributed by atoms with Crippen molar-refractivity contribution in [2.24, 2.45) is 0 Å². The van der Waals surface area contributed by atoms with Crippen molar-refractivity contribution in [3.63, 3.8) is 0 Å². The first-order chi connectivity index (χ1) is 13.9. The summed E-state index contributed by atoms with van der Waals surface area (Å²) in [6, 6.07) is 33.5. The van der Waals surface area contributed by atoms with E-state index < -0.39 is 7.26 Å². The van der Waals surface area contributed by atoms with E-state index in [1.165, 1.54) is 15.9 Å². The molecule has 0 spiro atoms. The Bertz CT molecular complexity index is 836. The molecule has 156 valence electrons. The van der Waals surface area contributed by atoms with Crippen molar-refractivity contribution in [1.29, 1.82) is 0 Å². The van der Waals surface area contributed by atoms with Crippen LogP contribution in [0.5, 0.6) is 0 Å². The Balaban J connectivity index is 0.00000256. The fourth-order valence-corrected chi connectivity index (χ4v) is 8.24. The van der Waals surface area contributed by atoms with E-state index in [-0.39, 0.29) is 42.3 Å². The Morgan fingerprint density at radius 3 is 1.20 bits per heavy atom. The highest BCUT2D eigenvalue weighted by Gasteiger charge is 2.58. The minimum atomic E-state index is -1.97. The molecule has 0 aliphatic carbocycles. The van der Waals surface area contributed by atoms with Crippen molar-refractivity contribution < 1.29 is 33.3 Å². The lowest BCUT2D eigenvalue weighted by molar-refractivity contribution is -0.00000907. The molecule has 0 unspecified atom stereocenters. The van der Waals surface area contributed by atoms with Crippen molar-refractivity contribution in [2.45, 2.75) is 38.9 Å². The van der Waals surface area contributed by atoms with Gasteiger partial charge < -0.3 is 33.3 Å². The van der Waals surface area contributed by atoms with Gasteiger partial charge in [0.05, 0.1) is 11.2 Å². The minimum Gasteiger partial charge on any atom is -1.00 e. The molecule has 0 amide bonds. The Morgan fingerprint density at radius 2 is 0.900 bits per heavy atom. The third kappa shape index (κ3) is 4.25. The van der Waals surface area contributed by atoms with Crippen LogP contribution in [0.2, 0.25) is 0 Å². The molecule has 0 saturated carbocycles. The fraction of sp³-hybridized carbons (Fsp3) is 0.280. The van der Waals surface area contributed by atoms with Gasteiger partial charge >= 0.3 is 7.12 Å². The van der Waals surface area contributed by atoms with Crippen molar-refractivity contribution in [2.75, 3.05) is 6.06 Å². The summed E-state index contributed by atoms with van der Waals surface area (Å²) in [5.41, 5.74) is -0.672. The van der Waals surface area contributed by atoms with Crippen LogP contribution in [-0.2, 0) is 9.31 Å². The van der Waals surface area contributed by atoms with E-state index in [1.54, 1.807) is 0 Å². The molecule has 1 aliphatic heterocycles. The van der Waals surface area contributed by atoms with E-state index in [4.69, 9.17) is 9.31 Å². The number of benzene rings is 3. The predicted octanol–water partition coefficient (Wildman–Crippen LogP) is 1.62. The average Bonchev–Trinajstić information content (AvgIpc) is 2.94. The van der Waals surface area contributed by atoms with Gasteiger partial charge in [0, 0.05) is 0 Å². The summed E-state index contributed by atoms with van der Waals surface area (Å²) in [6.45, 7) is 8.50. The van der Waals surface area contributed by atoms with Gasteiger partial charge in [0.2, 0.25) is 0 Å². The lowest BCUT2D eigenvalue weighted by Gasteiger charge is -2.32. The topological polar surface area (TPSA) is 18.5 Å². The summed E-state index contributed by atoms with van der Waals surface area (Å²) < 4.78 is 13.0. The van der Waals surface area contributed by atoms with E-state index in [9.17, 15) is 0 Å². The maximum Gasteiger partial charge on any atom is 0.499 e. The van der Waals surface area contributed by atoms with Gasteiger partial charge in [0.1, 0.15) is 29.2 Å². The first-order valence-electron chi connectivity index (χ1n) is 10.3. The summed E-state index contributed by atoms with van der Waals surface area (Å²) in [7, 11) is -2.22. The summed E-state index contributed by atoms with van der Waals surface area (Å²) in [5.74, 6) is 0. The first-order valence-corrected chi connectivity index (χ1v) is 12.2. The molecule has 3 aromatic rings. The fourth-order valence-electron chi connectivity index (χ4n) is 4.07. The largest absolute Gasteiger partial charge is 1.00 e. The van der Waals surface area contributed by atoms with Gasteiger partial charge in [-0.3, -0.25) is 0 Å². The molecule has 0 radical (unpaired) electrons. The zero-order valence-electron chi connectivity index (χ0n) is 18.1. The van der Waals surface area contributed by atoms with Crippen molar-refractivity contribution >= 4 is 30.3 Å². The molecule has 4 rings (SSSR count). The van der Waals surface area contributed by atoms with Gasteiger partial charge in [-0.2, -0.15) is 0 Å². The molecule has 5 heteroatoms. The zero-order chi connectivity index (χ0) is 20.5. The smallest absolute Gasteiger partial charge is 0.499 e. The zero-order valence-corrected chi connectivity index (χ0v) is 21.1. The predicted molar refractivity (Wildman–Crippen MR) is 126 cm³/mol. The van der Waals surface area contributed by atoms with Crippen LogP contribution < -0.4 is 39.9 Å². The van der Waals surface area contributed by atoms with Crippen LogP contribution in [0.3, 0.4) is 0 Å². The summed E-state index contributed by atoms with van der Waals surface area (Å²) in [5, 5.41) is 4.06.